The SMILES string of the molecule is CC(C)(C)c1nc(CN2CC3CCCNC3C2)cs1. The molecule has 3 nitrogen and oxygen atoms in total. The van der Waals surface area contributed by atoms with Crippen LogP contribution in [-0.4, -0.2) is 35.6 Å². The molecule has 0 radical (unpaired) electrons. The highest BCUT2D eigenvalue weighted by molar-refractivity contribution is 7.09. The van der Waals surface area contributed by atoms with E-state index in [1.807, 2.05) is 11.3 Å². The van der Waals surface area contributed by atoms with E-state index >= 15 is 0 Å². The van der Waals surface area contributed by atoms with E-state index in [1.54, 1.807) is 0 Å². The number of hydrogen-bond donors (Lipinski definition) is 1. The van der Waals surface area contributed by atoms with E-state index in [2.05, 4.69) is 36.4 Å². The summed E-state index contributed by atoms with van der Waals surface area (Å²) < 4.78 is 0. The van der Waals surface area contributed by atoms with Crippen molar-refractivity contribution >= 4 is 11.3 Å². The molecule has 3 rings (SSSR count). The van der Waals surface area contributed by atoms with Crippen LogP contribution in [0.3, 0.4) is 0 Å². The van der Waals surface area contributed by atoms with Crippen molar-refractivity contribution in [3.8, 4) is 0 Å². The van der Waals surface area contributed by atoms with Gasteiger partial charge in [-0.05, 0) is 25.3 Å². The van der Waals surface area contributed by atoms with Gasteiger partial charge in [-0.1, -0.05) is 20.8 Å². The zero-order chi connectivity index (χ0) is 13.5. The van der Waals surface area contributed by atoms with Crippen LogP contribution in [0.15, 0.2) is 5.38 Å². The van der Waals surface area contributed by atoms with E-state index in [-0.39, 0.29) is 5.41 Å². The molecule has 2 aliphatic rings. The van der Waals surface area contributed by atoms with Gasteiger partial charge in [0.25, 0.3) is 0 Å². The van der Waals surface area contributed by atoms with Crippen LogP contribution in [-0.2, 0) is 12.0 Å². The lowest BCUT2D eigenvalue weighted by atomic mass is 9.94. The molecule has 2 atom stereocenters. The minimum Gasteiger partial charge on any atom is -0.312 e. The molecule has 1 aromatic rings. The second-order valence-electron chi connectivity index (χ2n) is 7.05. The van der Waals surface area contributed by atoms with Gasteiger partial charge in [0.2, 0.25) is 0 Å². The third kappa shape index (κ3) is 3.01. The molecule has 1 aromatic heterocycles. The molecule has 0 aromatic carbocycles. The lowest BCUT2D eigenvalue weighted by Crippen LogP contribution is -2.40. The molecule has 0 saturated carbocycles. The molecular formula is C15H25N3S. The molecule has 2 saturated heterocycles. The molecule has 2 fully saturated rings. The Hall–Kier alpha value is -0.450. The summed E-state index contributed by atoms with van der Waals surface area (Å²) in [6.07, 6.45) is 2.75. The van der Waals surface area contributed by atoms with Crippen LogP contribution in [0.1, 0.15) is 44.3 Å². The number of thiazole rings is 1. The van der Waals surface area contributed by atoms with Crippen molar-refractivity contribution in [2.45, 2.75) is 51.6 Å². The molecule has 0 bridgehead atoms. The fourth-order valence-corrected chi connectivity index (χ4v) is 4.12. The van der Waals surface area contributed by atoms with Gasteiger partial charge in [-0.2, -0.15) is 0 Å². The maximum Gasteiger partial charge on any atom is 0.0982 e. The van der Waals surface area contributed by atoms with E-state index in [0.717, 1.165) is 18.5 Å². The number of rotatable bonds is 2. The van der Waals surface area contributed by atoms with Gasteiger partial charge in [-0.3, -0.25) is 4.90 Å². The second-order valence-corrected chi connectivity index (χ2v) is 7.91. The maximum atomic E-state index is 4.82. The van der Waals surface area contributed by atoms with Gasteiger partial charge in [0.15, 0.2) is 0 Å². The first-order valence-electron chi connectivity index (χ1n) is 7.43. The predicted molar refractivity (Wildman–Crippen MR) is 80.6 cm³/mol. The lowest BCUT2D eigenvalue weighted by molar-refractivity contribution is 0.309. The number of piperidine rings is 1. The average molecular weight is 279 g/mol. The third-order valence-electron chi connectivity index (χ3n) is 4.25. The van der Waals surface area contributed by atoms with Crippen molar-refractivity contribution in [3.05, 3.63) is 16.1 Å². The van der Waals surface area contributed by atoms with Crippen LogP contribution in [0.5, 0.6) is 0 Å². The fraction of sp³-hybridized carbons (Fsp3) is 0.800. The van der Waals surface area contributed by atoms with Crippen molar-refractivity contribution in [2.75, 3.05) is 19.6 Å². The molecular weight excluding hydrogens is 254 g/mol. The summed E-state index contributed by atoms with van der Waals surface area (Å²) in [6, 6.07) is 0.731. The van der Waals surface area contributed by atoms with Gasteiger partial charge >= 0.3 is 0 Å². The normalized spacial score (nSPS) is 28.6. The molecule has 106 valence electrons. The number of nitrogens with zero attached hydrogens (tertiary/aromatic N) is 2. The van der Waals surface area contributed by atoms with E-state index in [0.29, 0.717) is 0 Å². The molecule has 3 heterocycles. The van der Waals surface area contributed by atoms with Gasteiger partial charge in [0, 0.05) is 36.5 Å². The first-order valence-corrected chi connectivity index (χ1v) is 8.31. The van der Waals surface area contributed by atoms with Crippen LogP contribution < -0.4 is 5.32 Å². The van der Waals surface area contributed by atoms with Crippen molar-refractivity contribution in [2.24, 2.45) is 5.92 Å². The van der Waals surface area contributed by atoms with Crippen molar-refractivity contribution < 1.29 is 0 Å². The average Bonchev–Trinajstić information content (AvgIpc) is 2.94. The van der Waals surface area contributed by atoms with Gasteiger partial charge in [0.05, 0.1) is 10.7 Å². The Morgan fingerprint density at radius 2 is 2.26 bits per heavy atom. The molecule has 2 unspecified atom stereocenters. The zero-order valence-electron chi connectivity index (χ0n) is 12.3. The van der Waals surface area contributed by atoms with E-state index < -0.39 is 0 Å². The molecule has 4 heteroatoms. The van der Waals surface area contributed by atoms with Crippen LogP contribution in [0.25, 0.3) is 0 Å². The Labute approximate surface area is 120 Å². The highest BCUT2D eigenvalue weighted by atomic mass is 32.1. The third-order valence-corrected chi connectivity index (χ3v) is 5.57. The maximum absolute atomic E-state index is 4.82. The number of fused-ring (bicyclic) bond motifs is 1. The molecule has 1 N–H and O–H groups in total. The Morgan fingerprint density at radius 3 is 2.95 bits per heavy atom. The van der Waals surface area contributed by atoms with Gasteiger partial charge in [-0.25, -0.2) is 4.98 Å². The summed E-state index contributed by atoms with van der Waals surface area (Å²) in [6.45, 7) is 11.4. The summed E-state index contributed by atoms with van der Waals surface area (Å²) >= 11 is 1.81. The van der Waals surface area contributed by atoms with Crippen molar-refractivity contribution in [1.82, 2.24) is 15.2 Å². The zero-order valence-corrected chi connectivity index (χ0v) is 13.1. The smallest absolute Gasteiger partial charge is 0.0982 e. The first-order chi connectivity index (χ1) is 9.02. The summed E-state index contributed by atoms with van der Waals surface area (Å²) in [5, 5.41) is 7.17. The predicted octanol–water partition coefficient (Wildman–Crippen LogP) is 2.62. The summed E-state index contributed by atoms with van der Waals surface area (Å²) in [5.41, 5.74) is 1.44. The minimum atomic E-state index is 0.184. The standard InChI is InChI=1S/C15H25N3S/c1-15(2,3)14-17-12(10-19-14)8-18-7-11-5-4-6-16-13(11)9-18/h10-11,13,16H,4-9H2,1-3H3. The summed E-state index contributed by atoms with van der Waals surface area (Å²) in [7, 11) is 0. The lowest BCUT2D eigenvalue weighted by Gasteiger charge is -2.24. The van der Waals surface area contributed by atoms with E-state index in [1.165, 1.54) is 43.2 Å². The Kier molecular flexibility index (Phi) is 3.67. The van der Waals surface area contributed by atoms with Crippen LogP contribution >= 0.6 is 11.3 Å². The van der Waals surface area contributed by atoms with Crippen LogP contribution in [0, 0.1) is 5.92 Å². The summed E-state index contributed by atoms with van der Waals surface area (Å²) in [5.74, 6) is 0.870. The summed E-state index contributed by atoms with van der Waals surface area (Å²) in [4.78, 5) is 7.40. The molecule has 0 spiro atoms. The Morgan fingerprint density at radius 1 is 1.42 bits per heavy atom. The quantitative estimate of drug-likeness (QED) is 0.902. The molecule has 19 heavy (non-hydrogen) atoms. The van der Waals surface area contributed by atoms with Gasteiger partial charge in [0.1, 0.15) is 0 Å². The fourth-order valence-electron chi connectivity index (χ4n) is 3.22. The molecule has 0 aliphatic carbocycles. The highest BCUT2D eigenvalue weighted by Crippen LogP contribution is 2.28. The molecule has 0 amide bonds. The highest BCUT2D eigenvalue weighted by Gasteiger charge is 2.34. The molecule has 2 aliphatic heterocycles. The van der Waals surface area contributed by atoms with Gasteiger partial charge < -0.3 is 5.32 Å². The largest absolute Gasteiger partial charge is 0.312 e. The minimum absolute atomic E-state index is 0.184. The first kappa shape index (κ1) is 13.5. The Balaban J connectivity index is 1.61. The van der Waals surface area contributed by atoms with Crippen molar-refractivity contribution in [3.63, 3.8) is 0 Å². The second kappa shape index (κ2) is 5.15. The number of nitrogens with one attached hydrogen (secondary N) is 1. The monoisotopic (exact) mass is 279 g/mol. The number of likely N-dealkylation sites (tertiary alicyclic amines) is 1. The number of aromatic nitrogens is 1. The van der Waals surface area contributed by atoms with Crippen LogP contribution in [0.2, 0.25) is 0 Å². The Bertz CT molecular complexity index is 421. The van der Waals surface area contributed by atoms with E-state index in [4.69, 9.17) is 4.98 Å². The van der Waals surface area contributed by atoms with Gasteiger partial charge in [-0.15, -0.1) is 11.3 Å². The number of hydrogen-bond acceptors (Lipinski definition) is 4. The van der Waals surface area contributed by atoms with Crippen molar-refractivity contribution in [1.29, 1.82) is 0 Å². The van der Waals surface area contributed by atoms with E-state index in [9.17, 15) is 0 Å². The topological polar surface area (TPSA) is 28.2 Å². The van der Waals surface area contributed by atoms with Crippen LogP contribution in [0.4, 0.5) is 0 Å².